The minimum atomic E-state index is -0.706. The van der Waals surface area contributed by atoms with Crippen molar-refractivity contribution in [3.8, 4) is 0 Å². The largest absolute Gasteiger partial charge is 0.460 e. The minimum absolute atomic E-state index is 0.0666. The van der Waals surface area contributed by atoms with E-state index in [9.17, 15) is 9.59 Å². The molecule has 0 bridgehead atoms. The van der Waals surface area contributed by atoms with Crippen molar-refractivity contribution in [2.75, 3.05) is 13.2 Å². The lowest BCUT2D eigenvalue weighted by molar-refractivity contribution is -0.187. The summed E-state index contributed by atoms with van der Waals surface area (Å²) in [6.07, 6.45) is 0.694. The number of hydrogen-bond acceptors (Lipinski definition) is 5. The molecule has 0 amide bonds. The van der Waals surface area contributed by atoms with Crippen LogP contribution < -0.4 is 0 Å². The van der Waals surface area contributed by atoms with Crippen molar-refractivity contribution in [3.63, 3.8) is 0 Å². The first-order valence-corrected chi connectivity index (χ1v) is 10.8. The summed E-state index contributed by atoms with van der Waals surface area (Å²) in [5.41, 5.74) is 0.0364. The molecule has 0 spiro atoms. The summed E-state index contributed by atoms with van der Waals surface area (Å²) in [4.78, 5) is 25.3. The molecule has 3 rings (SSSR count). The van der Waals surface area contributed by atoms with Crippen molar-refractivity contribution in [3.05, 3.63) is 60.2 Å². The van der Waals surface area contributed by atoms with Gasteiger partial charge in [-0.05, 0) is 54.3 Å². The van der Waals surface area contributed by atoms with E-state index < -0.39 is 17.7 Å². The van der Waals surface area contributed by atoms with Crippen LogP contribution >= 0.6 is 0 Å². The third kappa shape index (κ3) is 5.05. The Bertz CT molecular complexity index is 1010. The highest BCUT2D eigenvalue weighted by molar-refractivity contribution is 6.16. The van der Waals surface area contributed by atoms with Gasteiger partial charge in [0.15, 0.2) is 6.29 Å². The number of carbonyl (C=O) groups is 2. The van der Waals surface area contributed by atoms with E-state index in [1.807, 2.05) is 69.3 Å². The summed E-state index contributed by atoms with van der Waals surface area (Å²) in [7, 11) is 0. The molecule has 0 aliphatic rings. The minimum Gasteiger partial charge on any atom is -0.460 e. The molecule has 3 aromatic rings. The average Bonchev–Trinajstić information content (AvgIpc) is 2.79. The van der Waals surface area contributed by atoms with Crippen LogP contribution in [0.1, 0.15) is 50.9 Å². The van der Waals surface area contributed by atoms with Gasteiger partial charge in [0.2, 0.25) is 0 Å². The van der Waals surface area contributed by atoms with Gasteiger partial charge in [0.1, 0.15) is 6.61 Å². The van der Waals surface area contributed by atoms with Crippen LogP contribution in [0.4, 0.5) is 0 Å². The van der Waals surface area contributed by atoms with Crippen LogP contribution in [-0.4, -0.2) is 31.4 Å². The molecule has 0 saturated heterocycles. The number of rotatable bonds is 9. The van der Waals surface area contributed by atoms with Crippen molar-refractivity contribution in [2.45, 2.75) is 46.8 Å². The van der Waals surface area contributed by atoms with E-state index in [1.54, 1.807) is 6.92 Å². The van der Waals surface area contributed by atoms with Crippen molar-refractivity contribution in [1.82, 2.24) is 0 Å². The van der Waals surface area contributed by atoms with Gasteiger partial charge in [0.25, 0.3) is 0 Å². The van der Waals surface area contributed by atoms with Crippen LogP contribution in [0.3, 0.4) is 0 Å². The van der Waals surface area contributed by atoms with E-state index in [2.05, 4.69) is 6.07 Å². The maximum Gasteiger partial charge on any atom is 0.339 e. The second-order valence-corrected chi connectivity index (χ2v) is 7.94. The molecule has 0 saturated carbocycles. The Kier molecular flexibility index (Phi) is 7.29. The van der Waals surface area contributed by atoms with Crippen LogP contribution in [0.25, 0.3) is 21.5 Å². The first kappa shape index (κ1) is 22.8. The summed E-state index contributed by atoms with van der Waals surface area (Å²) >= 11 is 0. The molecule has 31 heavy (non-hydrogen) atoms. The molecule has 5 heteroatoms. The lowest BCUT2D eigenvalue weighted by Crippen LogP contribution is -2.32. The van der Waals surface area contributed by atoms with Crippen LogP contribution in [0.5, 0.6) is 0 Å². The van der Waals surface area contributed by atoms with Gasteiger partial charge >= 0.3 is 11.9 Å². The fraction of sp³-hybridized carbons (Fsp3) is 0.385. The molecule has 0 heterocycles. The van der Waals surface area contributed by atoms with Crippen LogP contribution in [0.2, 0.25) is 0 Å². The predicted octanol–water partition coefficient (Wildman–Crippen LogP) is 5.88. The summed E-state index contributed by atoms with van der Waals surface area (Å²) < 4.78 is 16.4. The first-order valence-electron chi connectivity index (χ1n) is 10.8. The van der Waals surface area contributed by atoms with Gasteiger partial charge in [-0.1, -0.05) is 62.4 Å². The average molecular weight is 423 g/mol. The Hall–Kier alpha value is -2.92. The Morgan fingerprint density at radius 2 is 1.45 bits per heavy atom. The van der Waals surface area contributed by atoms with Crippen LogP contribution in [0.15, 0.2) is 54.6 Å². The predicted molar refractivity (Wildman–Crippen MR) is 122 cm³/mol. The summed E-state index contributed by atoms with van der Waals surface area (Å²) in [5, 5.41) is 3.68. The number of fused-ring (bicyclic) bond motifs is 2. The number of esters is 2. The first-order chi connectivity index (χ1) is 14.9. The van der Waals surface area contributed by atoms with Crippen molar-refractivity contribution in [1.29, 1.82) is 0 Å². The summed E-state index contributed by atoms with van der Waals surface area (Å²) in [5.74, 6) is -0.671. The van der Waals surface area contributed by atoms with Gasteiger partial charge in [-0.25, -0.2) is 4.79 Å². The monoisotopic (exact) mass is 422 g/mol. The molecule has 0 aromatic heterocycles. The SMILES string of the molecule is CCC(C)(CC)C(=O)OC(C)OCCOC(=O)c1c2ccccc2cc2ccccc12. The molecule has 164 valence electrons. The van der Waals surface area contributed by atoms with Crippen molar-refractivity contribution in [2.24, 2.45) is 5.41 Å². The molecule has 5 nitrogen and oxygen atoms in total. The third-order valence-corrected chi connectivity index (χ3v) is 5.97. The van der Waals surface area contributed by atoms with Gasteiger partial charge in [-0.3, -0.25) is 4.79 Å². The Morgan fingerprint density at radius 1 is 0.903 bits per heavy atom. The normalized spacial score (nSPS) is 12.6. The fourth-order valence-corrected chi connectivity index (χ4v) is 3.52. The molecule has 1 unspecified atom stereocenters. The van der Waals surface area contributed by atoms with Crippen molar-refractivity contribution < 1.29 is 23.8 Å². The van der Waals surface area contributed by atoms with E-state index >= 15 is 0 Å². The zero-order chi connectivity index (χ0) is 22.4. The standard InChI is InChI=1S/C26H30O5/c1-5-26(4,6-2)25(28)31-18(3)29-15-16-30-24(27)23-21-13-9-7-11-19(21)17-20-12-8-10-14-22(20)23/h7-14,17-18H,5-6,15-16H2,1-4H3. The topological polar surface area (TPSA) is 61.8 Å². The quantitative estimate of drug-likeness (QED) is 0.186. The second kappa shape index (κ2) is 9.92. The zero-order valence-corrected chi connectivity index (χ0v) is 18.6. The molecule has 0 radical (unpaired) electrons. The van der Waals surface area contributed by atoms with Crippen molar-refractivity contribution >= 4 is 33.5 Å². The van der Waals surface area contributed by atoms with E-state index in [0.717, 1.165) is 21.5 Å². The van der Waals surface area contributed by atoms with Gasteiger partial charge in [-0.15, -0.1) is 0 Å². The Labute approximate surface area is 183 Å². The molecule has 0 aliphatic carbocycles. The molecular formula is C26H30O5. The van der Waals surface area contributed by atoms with E-state index in [0.29, 0.717) is 18.4 Å². The third-order valence-electron chi connectivity index (χ3n) is 5.97. The number of ether oxygens (including phenoxy) is 3. The van der Waals surface area contributed by atoms with Gasteiger partial charge in [0.05, 0.1) is 17.6 Å². The zero-order valence-electron chi connectivity index (χ0n) is 18.6. The molecule has 1 atom stereocenters. The molecule has 3 aromatic carbocycles. The molecule has 0 fully saturated rings. The summed E-state index contributed by atoms with van der Waals surface area (Å²) in [6, 6.07) is 17.6. The second-order valence-electron chi connectivity index (χ2n) is 7.94. The smallest absolute Gasteiger partial charge is 0.339 e. The van der Waals surface area contributed by atoms with E-state index in [-0.39, 0.29) is 19.2 Å². The molecular weight excluding hydrogens is 392 g/mol. The van der Waals surface area contributed by atoms with E-state index in [1.165, 1.54) is 0 Å². The van der Waals surface area contributed by atoms with E-state index in [4.69, 9.17) is 14.2 Å². The number of carbonyl (C=O) groups excluding carboxylic acids is 2. The lowest BCUT2D eigenvalue weighted by Gasteiger charge is -2.26. The maximum absolute atomic E-state index is 12.9. The molecule has 0 aliphatic heterocycles. The van der Waals surface area contributed by atoms with Crippen LogP contribution in [0, 0.1) is 5.41 Å². The number of hydrogen-bond donors (Lipinski definition) is 0. The lowest BCUT2D eigenvalue weighted by atomic mass is 9.85. The highest BCUT2D eigenvalue weighted by atomic mass is 16.7. The maximum atomic E-state index is 12.9. The van der Waals surface area contributed by atoms with Gasteiger partial charge in [0, 0.05) is 0 Å². The molecule has 0 N–H and O–H groups in total. The Balaban J connectivity index is 1.63. The Morgan fingerprint density at radius 3 is 2.00 bits per heavy atom. The van der Waals surface area contributed by atoms with Crippen LogP contribution in [-0.2, 0) is 19.0 Å². The highest BCUT2D eigenvalue weighted by Crippen LogP contribution is 2.29. The number of benzene rings is 3. The fourth-order valence-electron chi connectivity index (χ4n) is 3.52. The van der Waals surface area contributed by atoms with Gasteiger partial charge < -0.3 is 14.2 Å². The summed E-state index contributed by atoms with van der Waals surface area (Å²) in [6.45, 7) is 7.69. The highest BCUT2D eigenvalue weighted by Gasteiger charge is 2.32. The van der Waals surface area contributed by atoms with Gasteiger partial charge in [-0.2, -0.15) is 0 Å².